The topological polar surface area (TPSA) is 43.4 Å². The molecule has 0 N–H and O–H groups in total. The van der Waals surface area contributed by atoms with Crippen LogP contribution >= 0.6 is 0 Å². The molecule has 1 aliphatic carbocycles. The van der Waals surface area contributed by atoms with Crippen LogP contribution in [-0.2, 0) is 14.3 Å². The molecule has 1 fully saturated rings. The van der Waals surface area contributed by atoms with Crippen LogP contribution in [-0.4, -0.2) is 18.9 Å². The second kappa shape index (κ2) is 12.5. The highest BCUT2D eigenvalue weighted by atomic mass is 16.5. The number of carbonyl (C=O) groups excluding carboxylic acids is 2. The molecule has 0 bridgehead atoms. The smallest absolute Gasteiger partial charge is 0.305 e. The van der Waals surface area contributed by atoms with Crippen LogP contribution in [0.1, 0.15) is 63.9 Å². The van der Waals surface area contributed by atoms with E-state index in [1.807, 2.05) is 18.2 Å². The molecule has 132 valence electrons. The SMILES string of the molecule is CCCCCCC(=O)OC.O=C1CC[C@H](/C=C/c2ccccc2)C1. The van der Waals surface area contributed by atoms with Crippen LogP contribution in [0, 0.1) is 5.92 Å². The van der Waals surface area contributed by atoms with Gasteiger partial charge in [-0.15, -0.1) is 0 Å². The van der Waals surface area contributed by atoms with Crippen molar-refractivity contribution in [1.82, 2.24) is 0 Å². The van der Waals surface area contributed by atoms with E-state index in [1.165, 1.54) is 25.5 Å². The number of esters is 1. The second-order valence-corrected chi connectivity index (χ2v) is 6.20. The molecule has 1 saturated carbocycles. The minimum absolute atomic E-state index is 0.0869. The third-order valence-electron chi connectivity index (χ3n) is 4.11. The Morgan fingerprint density at radius 3 is 2.54 bits per heavy atom. The summed E-state index contributed by atoms with van der Waals surface area (Å²) in [6.07, 6.45) is 11.9. The van der Waals surface area contributed by atoms with Gasteiger partial charge in [0.1, 0.15) is 5.78 Å². The summed E-state index contributed by atoms with van der Waals surface area (Å²) in [6, 6.07) is 10.2. The van der Waals surface area contributed by atoms with Crippen LogP contribution in [0.2, 0.25) is 0 Å². The third kappa shape index (κ3) is 9.29. The molecule has 0 aromatic heterocycles. The first kappa shape index (κ1) is 20.1. The van der Waals surface area contributed by atoms with E-state index in [0.29, 0.717) is 18.1 Å². The molecule has 0 spiro atoms. The Hall–Kier alpha value is -1.90. The van der Waals surface area contributed by atoms with Gasteiger partial charge in [-0.05, 0) is 24.3 Å². The van der Waals surface area contributed by atoms with Gasteiger partial charge in [-0.25, -0.2) is 0 Å². The van der Waals surface area contributed by atoms with E-state index in [2.05, 4.69) is 35.9 Å². The molecule has 1 aromatic carbocycles. The number of ether oxygens (including phenoxy) is 1. The van der Waals surface area contributed by atoms with Crippen LogP contribution in [0.15, 0.2) is 36.4 Å². The van der Waals surface area contributed by atoms with Gasteiger partial charge in [0.05, 0.1) is 7.11 Å². The lowest BCUT2D eigenvalue weighted by molar-refractivity contribution is -0.140. The Morgan fingerprint density at radius 2 is 1.96 bits per heavy atom. The first-order chi connectivity index (χ1) is 11.7. The molecule has 0 aliphatic heterocycles. The summed E-state index contributed by atoms with van der Waals surface area (Å²) in [7, 11) is 1.43. The summed E-state index contributed by atoms with van der Waals surface area (Å²) in [5, 5.41) is 0. The zero-order chi connectivity index (χ0) is 17.6. The highest BCUT2D eigenvalue weighted by Gasteiger charge is 2.18. The fourth-order valence-corrected chi connectivity index (χ4v) is 2.62. The monoisotopic (exact) mass is 330 g/mol. The van der Waals surface area contributed by atoms with Crippen molar-refractivity contribution in [3.63, 3.8) is 0 Å². The van der Waals surface area contributed by atoms with Gasteiger partial charge in [-0.3, -0.25) is 9.59 Å². The quantitative estimate of drug-likeness (QED) is 0.510. The average Bonchev–Trinajstić information content (AvgIpc) is 3.03. The lowest BCUT2D eigenvalue weighted by Gasteiger charge is -1.98. The Balaban J connectivity index is 0.000000257. The maximum absolute atomic E-state index is 11.0. The predicted molar refractivity (Wildman–Crippen MR) is 98.6 cm³/mol. The zero-order valence-electron chi connectivity index (χ0n) is 15.0. The number of allylic oxidation sites excluding steroid dienone is 1. The molecular formula is C21H30O3. The lowest BCUT2D eigenvalue weighted by Crippen LogP contribution is -1.98. The Morgan fingerprint density at radius 1 is 1.21 bits per heavy atom. The number of rotatable bonds is 7. The van der Waals surface area contributed by atoms with E-state index in [9.17, 15) is 9.59 Å². The van der Waals surface area contributed by atoms with Crippen LogP contribution in [0.4, 0.5) is 0 Å². The van der Waals surface area contributed by atoms with Gasteiger partial charge in [0.25, 0.3) is 0 Å². The van der Waals surface area contributed by atoms with Crippen molar-refractivity contribution < 1.29 is 14.3 Å². The molecule has 0 heterocycles. The summed E-state index contributed by atoms with van der Waals surface area (Å²) in [6.45, 7) is 2.15. The number of unbranched alkanes of at least 4 members (excludes halogenated alkanes) is 3. The largest absolute Gasteiger partial charge is 0.469 e. The van der Waals surface area contributed by atoms with Crippen LogP contribution in [0.3, 0.4) is 0 Å². The number of hydrogen-bond acceptors (Lipinski definition) is 3. The fourth-order valence-electron chi connectivity index (χ4n) is 2.62. The van der Waals surface area contributed by atoms with Crippen molar-refractivity contribution in [1.29, 1.82) is 0 Å². The molecule has 1 aromatic rings. The van der Waals surface area contributed by atoms with Gasteiger partial charge >= 0.3 is 5.97 Å². The first-order valence-electron chi connectivity index (χ1n) is 8.97. The van der Waals surface area contributed by atoms with Gasteiger partial charge in [-0.2, -0.15) is 0 Å². The van der Waals surface area contributed by atoms with Gasteiger partial charge in [0, 0.05) is 19.3 Å². The minimum Gasteiger partial charge on any atom is -0.469 e. The highest BCUT2D eigenvalue weighted by Crippen LogP contribution is 2.23. The molecule has 3 heteroatoms. The lowest BCUT2D eigenvalue weighted by atomic mass is 10.1. The van der Waals surface area contributed by atoms with E-state index in [4.69, 9.17) is 0 Å². The van der Waals surface area contributed by atoms with Gasteiger partial charge in [0.2, 0.25) is 0 Å². The van der Waals surface area contributed by atoms with Crippen LogP contribution in [0.5, 0.6) is 0 Å². The van der Waals surface area contributed by atoms with Crippen molar-refractivity contribution in [2.24, 2.45) is 5.92 Å². The third-order valence-corrected chi connectivity index (χ3v) is 4.11. The zero-order valence-corrected chi connectivity index (χ0v) is 15.0. The normalized spacial score (nSPS) is 16.8. The van der Waals surface area contributed by atoms with Crippen molar-refractivity contribution in [2.45, 2.75) is 58.3 Å². The highest BCUT2D eigenvalue weighted by molar-refractivity contribution is 5.81. The Labute approximate surface area is 146 Å². The molecule has 3 nitrogen and oxygen atoms in total. The molecular weight excluding hydrogens is 300 g/mol. The number of Topliss-reactive ketones (excluding diaryl/α,β-unsaturated/α-hetero) is 1. The molecule has 1 aliphatic rings. The molecule has 2 rings (SSSR count). The number of benzene rings is 1. The van der Waals surface area contributed by atoms with Crippen LogP contribution in [0.25, 0.3) is 6.08 Å². The number of methoxy groups -OCH3 is 1. The maximum Gasteiger partial charge on any atom is 0.305 e. The summed E-state index contributed by atoms with van der Waals surface area (Å²) in [5.74, 6) is 0.798. The van der Waals surface area contributed by atoms with E-state index in [1.54, 1.807) is 0 Å². The second-order valence-electron chi connectivity index (χ2n) is 6.20. The Kier molecular flexibility index (Phi) is 10.5. The first-order valence-corrected chi connectivity index (χ1v) is 8.97. The number of hydrogen-bond donors (Lipinski definition) is 0. The Bertz CT molecular complexity index is 505. The standard InChI is InChI=1S/C13H14O.C8H16O2/c14-13-9-8-12(10-13)7-6-11-4-2-1-3-5-11;1-3-4-5-6-7-8(9)10-2/h1-7,12H,8-10H2;3-7H2,1-2H3/b7-6+;/t12-;/m0./s1. The minimum atomic E-state index is -0.0869. The molecule has 0 saturated heterocycles. The van der Waals surface area contributed by atoms with Crippen molar-refractivity contribution in [3.8, 4) is 0 Å². The van der Waals surface area contributed by atoms with Gasteiger partial charge < -0.3 is 4.74 Å². The molecule has 0 unspecified atom stereocenters. The molecule has 0 radical (unpaired) electrons. The van der Waals surface area contributed by atoms with E-state index in [0.717, 1.165) is 32.1 Å². The maximum atomic E-state index is 11.0. The average molecular weight is 330 g/mol. The van der Waals surface area contributed by atoms with Gasteiger partial charge in [-0.1, -0.05) is 68.7 Å². The summed E-state index contributed by atoms with van der Waals surface area (Å²) < 4.78 is 4.49. The summed E-state index contributed by atoms with van der Waals surface area (Å²) >= 11 is 0. The van der Waals surface area contributed by atoms with E-state index in [-0.39, 0.29) is 5.97 Å². The molecule has 1 atom stereocenters. The molecule has 0 amide bonds. The van der Waals surface area contributed by atoms with Crippen molar-refractivity contribution >= 4 is 17.8 Å². The predicted octanol–water partition coefficient (Wildman–Crippen LogP) is 5.20. The summed E-state index contributed by atoms with van der Waals surface area (Å²) in [5.41, 5.74) is 1.21. The van der Waals surface area contributed by atoms with E-state index >= 15 is 0 Å². The molecule has 24 heavy (non-hydrogen) atoms. The van der Waals surface area contributed by atoms with Crippen molar-refractivity contribution in [2.75, 3.05) is 7.11 Å². The van der Waals surface area contributed by atoms with Crippen molar-refractivity contribution in [3.05, 3.63) is 42.0 Å². The van der Waals surface area contributed by atoms with Crippen LogP contribution < -0.4 is 0 Å². The van der Waals surface area contributed by atoms with E-state index < -0.39 is 0 Å². The number of carbonyl (C=O) groups is 2. The number of ketones is 1. The fraction of sp³-hybridized carbons (Fsp3) is 0.524. The van der Waals surface area contributed by atoms with Gasteiger partial charge in [0.15, 0.2) is 0 Å². The summed E-state index contributed by atoms with van der Waals surface area (Å²) in [4.78, 5) is 21.6.